The van der Waals surface area contributed by atoms with Gasteiger partial charge >= 0.3 is 0 Å². The molecule has 2 heterocycles. The molecule has 4 nitrogen and oxygen atoms in total. The number of nitrogens with zero attached hydrogens (tertiary/aromatic N) is 3. The van der Waals surface area contributed by atoms with Crippen molar-refractivity contribution in [3.63, 3.8) is 0 Å². The molecule has 220 valence electrons. The van der Waals surface area contributed by atoms with Gasteiger partial charge in [-0.15, -0.1) is 0 Å². The fraction of sp³-hybridized carbons (Fsp3) is 0. The molecule has 0 bridgehead atoms. The highest BCUT2D eigenvalue weighted by atomic mass is 16.3. The minimum Gasteiger partial charge on any atom is -0.456 e. The van der Waals surface area contributed by atoms with E-state index < -0.39 is 18.1 Å². The van der Waals surface area contributed by atoms with Crippen LogP contribution in [0.4, 0.5) is 0 Å². The van der Waals surface area contributed by atoms with Crippen molar-refractivity contribution < 1.29 is 14.0 Å². The monoisotopic (exact) mass is 608 g/mol. The molecule has 7 aromatic carbocycles. The van der Waals surface area contributed by atoms with E-state index in [1.165, 1.54) is 0 Å². The van der Waals surface area contributed by atoms with E-state index in [4.69, 9.17) is 29.0 Å². The number of hydrogen-bond donors (Lipinski definition) is 0. The predicted octanol–water partition coefficient (Wildman–Crippen LogP) is 11.3. The quantitative estimate of drug-likeness (QED) is 0.195. The maximum atomic E-state index is 9.04. The maximum Gasteiger partial charge on any atom is 0.164 e. The molecule has 0 saturated carbocycles. The molecule has 9 aromatic rings. The largest absolute Gasteiger partial charge is 0.456 e. The molecule has 0 aliphatic carbocycles. The molecule has 0 spiro atoms. The Kier molecular flexibility index (Phi) is 4.91. The Morgan fingerprint density at radius 2 is 1.04 bits per heavy atom. The van der Waals surface area contributed by atoms with Crippen molar-refractivity contribution in [3.8, 4) is 56.4 Å². The Morgan fingerprint density at radius 3 is 1.83 bits per heavy atom. The van der Waals surface area contributed by atoms with Gasteiger partial charge in [0.2, 0.25) is 0 Å². The average molecular weight is 609 g/mol. The minimum absolute atomic E-state index is 0.00686. The maximum absolute atomic E-state index is 9.04. The van der Waals surface area contributed by atoms with Crippen LogP contribution in [0.15, 0.2) is 168 Å². The number of rotatable bonds is 5. The van der Waals surface area contributed by atoms with Crippen molar-refractivity contribution in [1.82, 2.24) is 15.0 Å². The molecule has 4 heteroatoms. The molecule has 0 amide bonds. The van der Waals surface area contributed by atoms with E-state index in [1.807, 2.05) is 60.7 Å². The van der Waals surface area contributed by atoms with Crippen LogP contribution in [0.1, 0.15) is 9.60 Å². The van der Waals surface area contributed by atoms with E-state index in [-0.39, 0.29) is 51.7 Å². The van der Waals surface area contributed by atoms with Gasteiger partial charge in [-0.25, -0.2) is 15.0 Å². The first-order valence-electron chi connectivity index (χ1n) is 18.6. The normalized spacial score (nSPS) is 13.5. The van der Waals surface area contributed by atoms with Crippen LogP contribution >= 0.6 is 0 Å². The van der Waals surface area contributed by atoms with E-state index in [0.29, 0.717) is 28.6 Å². The number of furan rings is 1. The van der Waals surface area contributed by atoms with Crippen LogP contribution in [-0.4, -0.2) is 15.0 Å². The van der Waals surface area contributed by atoms with Gasteiger partial charge in [-0.3, -0.25) is 0 Å². The van der Waals surface area contributed by atoms with Crippen LogP contribution in [0, 0.1) is 0 Å². The SMILES string of the molecule is [2H]c1c([2H])c([2H])c2c(oc3c([2H])c(-c4ccc(-c5nc(-c6ccccc6)nc(-c6cccc7cc(-c8ccccc8)ccc67)n5)cc4)c([2H])c([2H])c32)c1[2H]. The van der Waals surface area contributed by atoms with Crippen molar-refractivity contribution in [2.75, 3.05) is 0 Å². The summed E-state index contributed by atoms with van der Waals surface area (Å²) in [5.41, 5.74) is 4.98. The molecule has 0 aliphatic rings. The molecular formula is C43H27N3O. The highest BCUT2D eigenvalue weighted by Gasteiger charge is 2.15. The zero-order chi connectivity index (χ0) is 37.2. The molecule has 0 unspecified atom stereocenters. The average Bonchev–Trinajstić information content (AvgIpc) is 3.63. The predicted molar refractivity (Wildman–Crippen MR) is 192 cm³/mol. The summed E-state index contributed by atoms with van der Waals surface area (Å²) in [6.07, 6.45) is 0. The molecule has 0 fully saturated rings. The van der Waals surface area contributed by atoms with E-state index in [0.717, 1.165) is 33.0 Å². The van der Waals surface area contributed by atoms with Gasteiger partial charge in [0.15, 0.2) is 17.5 Å². The molecule has 9 rings (SSSR count). The van der Waals surface area contributed by atoms with Crippen molar-refractivity contribution in [1.29, 1.82) is 0 Å². The third-order valence-corrected chi connectivity index (χ3v) is 8.21. The van der Waals surface area contributed by atoms with Crippen LogP contribution in [0.25, 0.3) is 89.1 Å². The summed E-state index contributed by atoms with van der Waals surface area (Å²) < 4.78 is 65.6. The lowest BCUT2D eigenvalue weighted by molar-refractivity contribution is 0.669. The van der Waals surface area contributed by atoms with Gasteiger partial charge in [-0.2, -0.15) is 0 Å². The van der Waals surface area contributed by atoms with Crippen molar-refractivity contribution in [3.05, 3.63) is 164 Å². The van der Waals surface area contributed by atoms with E-state index in [1.54, 1.807) is 24.3 Å². The van der Waals surface area contributed by atoms with Crippen LogP contribution < -0.4 is 0 Å². The highest BCUT2D eigenvalue weighted by molar-refractivity contribution is 6.06. The number of fused-ring (bicyclic) bond motifs is 4. The summed E-state index contributed by atoms with van der Waals surface area (Å²) in [6, 6.07) is 37.0. The second kappa shape index (κ2) is 11.2. The van der Waals surface area contributed by atoms with Gasteiger partial charge in [0.25, 0.3) is 0 Å². The number of hydrogen-bond acceptors (Lipinski definition) is 4. The Labute approximate surface area is 281 Å². The summed E-state index contributed by atoms with van der Waals surface area (Å²) in [5, 5.41) is 2.05. The Bertz CT molecular complexity index is 2950. The number of benzene rings is 7. The first kappa shape index (κ1) is 20.6. The molecule has 0 radical (unpaired) electrons. The third-order valence-electron chi connectivity index (χ3n) is 8.21. The second-order valence-corrected chi connectivity index (χ2v) is 11.1. The van der Waals surface area contributed by atoms with Crippen molar-refractivity contribution in [2.45, 2.75) is 0 Å². The third kappa shape index (κ3) is 4.93. The summed E-state index contributed by atoms with van der Waals surface area (Å²) in [4.78, 5) is 14.8. The fourth-order valence-corrected chi connectivity index (χ4v) is 5.86. The molecule has 0 aliphatic heterocycles. The molecule has 0 saturated heterocycles. The van der Waals surface area contributed by atoms with Crippen molar-refractivity contribution >= 4 is 32.7 Å². The number of aromatic nitrogens is 3. The van der Waals surface area contributed by atoms with Gasteiger partial charge in [-0.1, -0.05) is 139 Å². The van der Waals surface area contributed by atoms with Gasteiger partial charge in [0.05, 0.1) is 9.60 Å². The lowest BCUT2D eigenvalue weighted by Crippen LogP contribution is -2.00. The van der Waals surface area contributed by atoms with Crippen LogP contribution in [0.5, 0.6) is 0 Å². The van der Waals surface area contributed by atoms with Crippen molar-refractivity contribution in [2.24, 2.45) is 0 Å². The number of para-hydroxylation sites is 1. The fourth-order valence-electron chi connectivity index (χ4n) is 5.86. The van der Waals surface area contributed by atoms with Gasteiger partial charge in [0.1, 0.15) is 11.2 Å². The highest BCUT2D eigenvalue weighted by Crippen LogP contribution is 2.35. The smallest absolute Gasteiger partial charge is 0.164 e. The zero-order valence-electron chi connectivity index (χ0n) is 31.8. The standard InChI is InChI=1S/C43H27N3O/c1-3-10-28(11-4-1)32-22-24-35-34(26-32)14-9-16-38(35)43-45-41(30-12-5-2-6-13-30)44-42(46-43)31-20-18-29(19-21-31)33-23-25-37-36-15-7-8-17-39(36)47-40(37)27-33/h1-27H/i7D,8D,15D,17D,23D,25D,27D. The Morgan fingerprint density at radius 1 is 0.426 bits per heavy atom. The lowest BCUT2D eigenvalue weighted by Gasteiger charge is -2.11. The van der Waals surface area contributed by atoms with Gasteiger partial charge < -0.3 is 4.42 Å². The van der Waals surface area contributed by atoms with E-state index in [2.05, 4.69) is 36.4 Å². The van der Waals surface area contributed by atoms with Crippen LogP contribution in [0.3, 0.4) is 0 Å². The summed E-state index contributed by atoms with van der Waals surface area (Å²) in [6.45, 7) is 0. The molecule has 0 N–H and O–H groups in total. The van der Waals surface area contributed by atoms with Crippen LogP contribution in [-0.2, 0) is 0 Å². The van der Waals surface area contributed by atoms with E-state index in [9.17, 15) is 0 Å². The summed E-state index contributed by atoms with van der Waals surface area (Å²) >= 11 is 0. The molecule has 0 atom stereocenters. The van der Waals surface area contributed by atoms with Gasteiger partial charge in [0, 0.05) is 27.5 Å². The first-order valence-corrected chi connectivity index (χ1v) is 15.1. The Hall–Kier alpha value is -6.39. The Balaban J connectivity index is 1.17. The molecule has 47 heavy (non-hydrogen) atoms. The minimum atomic E-state index is -0.471. The van der Waals surface area contributed by atoms with Crippen LogP contribution in [0.2, 0.25) is 0 Å². The first-order chi connectivity index (χ1) is 26.2. The van der Waals surface area contributed by atoms with Gasteiger partial charge in [-0.05, 0) is 57.2 Å². The summed E-state index contributed by atoms with van der Waals surface area (Å²) in [7, 11) is 0. The van der Waals surface area contributed by atoms with E-state index >= 15 is 0 Å². The zero-order valence-corrected chi connectivity index (χ0v) is 24.8. The summed E-state index contributed by atoms with van der Waals surface area (Å²) in [5.74, 6) is 1.44. The molecule has 2 aromatic heterocycles. The second-order valence-electron chi connectivity index (χ2n) is 11.1. The molecular weight excluding hydrogens is 574 g/mol. The topological polar surface area (TPSA) is 51.8 Å². The lowest BCUT2D eigenvalue weighted by atomic mass is 9.98.